The number of hydrogen-bond acceptors (Lipinski definition) is 8. The molecule has 0 spiro atoms. The standard InChI is InChI=1S/C26H24FN3O4S/c27-18-4-5-21-23(13-18)34-28-24(21)16-6-9-30(10-7-16)14-19(31)15-32-20-3-1-2-17(12-20)25-26-22(33-29-25)8-11-35-26/h1-5,8,11-13,16,19,31H,6-7,9-10,14-15H2/t19-/m1/s1. The van der Waals surface area contributed by atoms with Crippen LogP contribution in [0.1, 0.15) is 24.5 Å². The van der Waals surface area contributed by atoms with Gasteiger partial charge in [-0.25, -0.2) is 4.39 Å². The molecule has 0 bridgehead atoms. The highest BCUT2D eigenvalue weighted by molar-refractivity contribution is 7.17. The Kier molecular flexibility index (Phi) is 5.97. The molecule has 6 rings (SSSR count). The van der Waals surface area contributed by atoms with Gasteiger partial charge in [0.2, 0.25) is 0 Å². The van der Waals surface area contributed by atoms with Crippen molar-refractivity contribution in [1.29, 1.82) is 0 Å². The fraction of sp³-hybridized carbons (Fsp3) is 0.308. The van der Waals surface area contributed by atoms with Crippen molar-refractivity contribution in [2.45, 2.75) is 24.9 Å². The SMILES string of the molecule is O[C@@H](COc1cccc(-c2noc3ccsc23)c1)CN1CCC(c2noc3cc(F)ccc23)CC1. The van der Waals surface area contributed by atoms with Gasteiger partial charge in [0.25, 0.3) is 0 Å². The number of hydrogen-bond donors (Lipinski definition) is 1. The first-order chi connectivity index (χ1) is 17.1. The highest BCUT2D eigenvalue weighted by atomic mass is 32.1. The van der Waals surface area contributed by atoms with Crippen LogP contribution in [0.25, 0.3) is 32.5 Å². The number of benzene rings is 2. The summed E-state index contributed by atoms with van der Waals surface area (Å²) in [4.78, 5) is 2.24. The van der Waals surface area contributed by atoms with Gasteiger partial charge < -0.3 is 23.8 Å². The second-order valence-corrected chi connectivity index (χ2v) is 9.84. The molecule has 0 saturated carbocycles. The molecular weight excluding hydrogens is 469 g/mol. The maximum atomic E-state index is 13.4. The molecule has 9 heteroatoms. The van der Waals surface area contributed by atoms with Gasteiger partial charge in [-0.1, -0.05) is 22.4 Å². The van der Waals surface area contributed by atoms with E-state index < -0.39 is 6.10 Å². The van der Waals surface area contributed by atoms with E-state index in [4.69, 9.17) is 13.8 Å². The maximum Gasteiger partial charge on any atom is 0.178 e. The highest BCUT2D eigenvalue weighted by Crippen LogP contribution is 2.34. The number of nitrogens with zero attached hydrogens (tertiary/aromatic N) is 3. The van der Waals surface area contributed by atoms with Crippen molar-refractivity contribution in [3.05, 3.63) is 65.4 Å². The van der Waals surface area contributed by atoms with Gasteiger partial charge in [0, 0.05) is 29.5 Å². The Morgan fingerprint density at radius 1 is 1.09 bits per heavy atom. The number of piperidine rings is 1. The summed E-state index contributed by atoms with van der Waals surface area (Å²) in [7, 11) is 0. The summed E-state index contributed by atoms with van der Waals surface area (Å²) in [5.74, 6) is 0.624. The number of likely N-dealkylation sites (tertiary alicyclic amines) is 1. The molecule has 1 fully saturated rings. The fourth-order valence-electron chi connectivity index (χ4n) is 4.75. The number of halogens is 1. The summed E-state index contributed by atoms with van der Waals surface area (Å²) in [5, 5.41) is 21.8. The third kappa shape index (κ3) is 4.54. The molecule has 2 aromatic carbocycles. The van der Waals surface area contributed by atoms with E-state index in [2.05, 4.69) is 15.2 Å². The van der Waals surface area contributed by atoms with Crippen LogP contribution in [-0.4, -0.2) is 52.7 Å². The third-order valence-electron chi connectivity index (χ3n) is 6.53. The highest BCUT2D eigenvalue weighted by Gasteiger charge is 2.26. The number of β-amino-alcohol motifs (C(OH)–C–C–N with tert-alkyl or cyclic N) is 1. The first-order valence-corrected chi connectivity index (χ1v) is 12.5. The van der Waals surface area contributed by atoms with Gasteiger partial charge >= 0.3 is 0 Å². The van der Waals surface area contributed by atoms with Crippen LogP contribution in [0.3, 0.4) is 0 Å². The van der Waals surface area contributed by atoms with Crippen molar-refractivity contribution >= 4 is 32.6 Å². The molecule has 0 amide bonds. The Labute approximate surface area is 204 Å². The molecule has 4 heterocycles. The molecule has 0 radical (unpaired) electrons. The van der Waals surface area contributed by atoms with Gasteiger partial charge in [-0.05, 0) is 61.6 Å². The maximum absolute atomic E-state index is 13.4. The van der Waals surface area contributed by atoms with Crippen LogP contribution >= 0.6 is 11.3 Å². The number of fused-ring (bicyclic) bond motifs is 2. The van der Waals surface area contributed by atoms with E-state index >= 15 is 0 Å². The number of aliphatic hydroxyl groups is 1. The van der Waals surface area contributed by atoms with Crippen molar-refractivity contribution < 1.29 is 23.3 Å². The van der Waals surface area contributed by atoms with Crippen molar-refractivity contribution in [1.82, 2.24) is 15.2 Å². The fourth-order valence-corrected chi connectivity index (χ4v) is 5.57. The van der Waals surface area contributed by atoms with Gasteiger partial charge in [-0.3, -0.25) is 0 Å². The normalized spacial score (nSPS) is 16.3. The first-order valence-electron chi connectivity index (χ1n) is 11.7. The lowest BCUT2D eigenvalue weighted by molar-refractivity contribution is 0.0592. The van der Waals surface area contributed by atoms with E-state index in [1.165, 1.54) is 12.1 Å². The van der Waals surface area contributed by atoms with E-state index in [-0.39, 0.29) is 18.3 Å². The average molecular weight is 494 g/mol. The molecule has 7 nitrogen and oxygen atoms in total. The lowest BCUT2D eigenvalue weighted by atomic mass is 9.91. The summed E-state index contributed by atoms with van der Waals surface area (Å²) >= 11 is 1.59. The smallest absolute Gasteiger partial charge is 0.178 e. The Bertz CT molecular complexity index is 1450. The second kappa shape index (κ2) is 9.41. The van der Waals surface area contributed by atoms with Crippen LogP contribution in [0.4, 0.5) is 4.39 Å². The van der Waals surface area contributed by atoms with E-state index in [0.29, 0.717) is 17.9 Å². The van der Waals surface area contributed by atoms with Gasteiger partial charge in [0.1, 0.15) is 34.7 Å². The molecule has 1 atom stereocenters. The minimum absolute atomic E-state index is 0.204. The molecule has 1 aliphatic heterocycles. The van der Waals surface area contributed by atoms with E-state index in [9.17, 15) is 9.50 Å². The molecule has 1 N–H and O–H groups in total. The zero-order chi connectivity index (χ0) is 23.8. The first kappa shape index (κ1) is 22.2. The van der Waals surface area contributed by atoms with Gasteiger partial charge in [-0.2, -0.15) is 0 Å². The monoisotopic (exact) mass is 493 g/mol. The molecule has 180 valence electrons. The Balaban J connectivity index is 1.02. The van der Waals surface area contributed by atoms with Crippen LogP contribution in [0.2, 0.25) is 0 Å². The Morgan fingerprint density at radius 2 is 1.94 bits per heavy atom. The Hall–Kier alpha value is -3.27. The van der Waals surface area contributed by atoms with Gasteiger partial charge in [-0.15, -0.1) is 11.3 Å². The number of aromatic nitrogens is 2. The topological polar surface area (TPSA) is 84.8 Å². The van der Waals surface area contributed by atoms with Crippen LogP contribution < -0.4 is 4.74 Å². The van der Waals surface area contributed by atoms with Gasteiger partial charge in [0.15, 0.2) is 11.2 Å². The van der Waals surface area contributed by atoms with Crippen LogP contribution in [0, 0.1) is 5.82 Å². The van der Waals surface area contributed by atoms with E-state index in [0.717, 1.165) is 58.6 Å². The molecule has 3 aromatic heterocycles. The minimum atomic E-state index is -0.609. The van der Waals surface area contributed by atoms with Crippen molar-refractivity contribution in [3.63, 3.8) is 0 Å². The lowest BCUT2D eigenvalue weighted by Crippen LogP contribution is -2.40. The summed E-state index contributed by atoms with van der Waals surface area (Å²) in [5.41, 5.74) is 3.89. The summed E-state index contributed by atoms with van der Waals surface area (Å²) < 4.78 is 31.0. The number of aliphatic hydroxyl groups excluding tert-OH is 1. The van der Waals surface area contributed by atoms with E-state index in [1.54, 1.807) is 17.4 Å². The molecule has 1 aliphatic rings. The molecule has 5 aromatic rings. The van der Waals surface area contributed by atoms with E-state index in [1.807, 2.05) is 35.7 Å². The molecular formula is C26H24FN3O4S. The number of ether oxygens (including phenoxy) is 1. The number of rotatable bonds is 7. The molecule has 0 aliphatic carbocycles. The molecule has 35 heavy (non-hydrogen) atoms. The summed E-state index contributed by atoms with van der Waals surface area (Å²) in [6.45, 7) is 2.43. The zero-order valence-electron chi connectivity index (χ0n) is 18.9. The summed E-state index contributed by atoms with van der Waals surface area (Å²) in [6, 6.07) is 14.2. The average Bonchev–Trinajstić information content (AvgIpc) is 3.59. The van der Waals surface area contributed by atoms with Crippen molar-refractivity contribution in [2.24, 2.45) is 0 Å². The molecule has 1 saturated heterocycles. The minimum Gasteiger partial charge on any atom is -0.491 e. The lowest BCUT2D eigenvalue weighted by Gasteiger charge is -2.32. The zero-order valence-corrected chi connectivity index (χ0v) is 19.7. The third-order valence-corrected chi connectivity index (χ3v) is 7.44. The van der Waals surface area contributed by atoms with Crippen LogP contribution in [0.15, 0.2) is 63.0 Å². The predicted molar refractivity (Wildman–Crippen MR) is 131 cm³/mol. The number of thiophene rings is 1. The second-order valence-electron chi connectivity index (χ2n) is 8.92. The quantitative estimate of drug-likeness (QED) is 0.322. The van der Waals surface area contributed by atoms with Crippen LogP contribution in [0.5, 0.6) is 5.75 Å². The van der Waals surface area contributed by atoms with Crippen molar-refractivity contribution in [3.8, 4) is 17.0 Å². The van der Waals surface area contributed by atoms with Gasteiger partial charge in [0.05, 0.1) is 5.69 Å². The summed E-state index contributed by atoms with van der Waals surface area (Å²) in [6.07, 6.45) is 1.20. The van der Waals surface area contributed by atoms with Crippen molar-refractivity contribution in [2.75, 3.05) is 26.2 Å². The Morgan fingerprint density at radius 3 is 2.83 bits per heavy atom. The molecule has 0 unspecified atom stereocenters. The largest absolute Gasteiger partial charge is 0.491 e. The predicted octanol–water partition coefficient (Wildman–Crippen LogP) is 5.46. The van der Waals surface area contributed by atoms with Crippen LogP contribution in [-0.2, 0) is 0 Å².